The number of ketones is 1. The highest BCUT2D eigenvalue weighted by molar-refractivity contribution is 5.88. The number of carboxylic acid groups (broad SMARTS) is 1. The molecule has 0 amide bonds. The van der Waals surface area contributed by atoms with Crippen LogP contribution >= 0.6 is 0 Å². The van der Waals surface area contributed by atoms with Gasteiger partial charge in [0.2, 0.25) is 0 Å². The quantitative estimate of drug-likeness (QED) is 0.686. The van der Waals surface area contributed by atoms with Gasteiger partial charge in [0.25, 0.3) is 0 Å². The van der Waals surface area contributed by atoms with Gasteiger partial charge < -0.3 is 5.11 Å². The molecule has 1 unspecified atom stereocenters. The van der Waals surface area contributed by atoms with Gasteiger partial charge in [0, 0.05) is 12.8 Å². The molecule has 1 aliphatic rings. The van der Waals surface area contributed by atoms with Gasteiger partial charge in [0.1, 0.15) is 5.78 Å². The van der Waals surface area contributed by atoms with Crippen molar-refractivity contribution in [3.8, 4) is 0 Å². The molecule has 0 aromatic heterocycles. The van der Waals surface area contributed by atoms with Crippen LogP contribution in [0.2, 0.25) is 0 Å². The summed E-state index contributed by atoms with van der Waals surface area (Å²) in [5, 5.41) is 8.41. The summed E-state index contributed by atoms with van der Waals surface area (Å²) in [6, 6.07) is 0. The second kappa shape index (κ2) is 3.01. The molecule has 0 bridgehead atoms. The van der Waals surface area contributed by atoms with Crippen molar-refractivity contribution in [2.45, 2.75) is 19.0 Å². The molecule has 2 atom stereocenters. The van der Waals surface area contributed by atoms with Crippen molar-refractivity contribution in [1.29, 1.82) is 0 Å². The van der Waals surface area contributed by atoms with Crippen molar-refractivity contribution in [3.63, 3.8) is 0 Å². The smallest absolute Gasteiger partial charge is 0.393 e. The highest BCUT2D eigenvalue weighted by Crippen LogP contribution is 2.41. The normalized spacial score (nSPS) is 29.3. The first kappa shape index (κ1) is 10.0. The first-order chi connectivity index (χ1) is 5.82. The van der Waals surface area contributed by atoms with E-state index in [0.29, 0.717) is 0 Å². The lowest BCUT2D eigenvalue weighted by Crippen LogP contribution is -2.30. The minimum atomic E-state index is -4.59. The lowest BCUT2D eigenvalue weighted by Gasteiger charge is -2.17. The van der Waals surface area contributed by atoms with Crippen LogP contribution < -0.4 is 0 Å². The van der Waals surface area contributed by atoms with E-state index in [1.165, 1.54) is 0 Å². The maximum absolute atomic E-state index is 12.1. The molecule has 0 aromatic carbocycles. The first-order valence-corrected chi connectivity index (χ1v) is 3.63. The summed E-state index contributed by atoms with van der Waals surface area (Å²) < 4.78 is 36.4. The molecule has 3 nitrogen and oxygen atoms in total. The monoisotopic (exact) mass is 196 g/mol. The van der Waals surface area contributed by atoms with Gasteiger partial charge in [0.05, 0.1) is 11.8 Å². The molecule has 74 valence electrons. The van der Waals surface area contributed by atoms with Gasteiger partial charge in [-0.15, -0.1) is 0 Å². The van der Waals surface area contributed by atoms with E-state index in [0.717, 1.165) is 0 Å². The predicted molar refractivity (Wildman–Crippen MR) is 34.9 cm³/mol. The fraction of sp³-hybridized carbons (Fsp3) is 0.714. The fourth-order valence-corrected chi connectivity index (χ4v) is 1.46. The molecular weight excluding hydrogens is 189 g/mol. The van der Waals surface area contributed by atoms with Crippen molar-refractivity contribution in [1.82, 2.24) is 0 Å². The van der Waals surface area contributed by atoms with Crippen molar-refractivity contribution >= 4 is 11.8 Å². The number of rotatable bonds is 1. The molecule has 1 saturated carbocycles. The Bertz CT molecular complexity index is 246. The zero-order valence-electron chi connectivity index (χ0n) is 6.47. The standard InChI is InChI=1S/C7H7F3O3/c8-7(9,10)5-2-3(11)1-4(5)6(12)13/h4-5H,1-2H2,(H,12,13)/t4?,5-/m1/s1. The third-order valence-corrected chi connectivity index (χ3v) is 2.12. The summed E-state index contributed by atoms with van der Waals surface area (Å²) in [4.78, 5) is 21.0. The number of halogens is 3. The Morgan fingerprint density at radius 2 is 1.92 bits per heavy atom. The molecule has 1 rings (SSSR count). The largest absolute Gasteiger partial charge is 0.481 e. The maximum atomic E-state index is 12.1. The lowest BCUT2D eigenvalue weighted by molar-refractivity contribution is -0.191. The van der Waals surface area contributed by atoms with Crippen LogP contribution in [0.3, 0.4) is 0 Å². The molecule has 0 radical (unpaired) electrons. The van der Waals surface area contributed by atoms with Gasteiger partial charge in [-0.1, -0.05) is 0 Å². The molecule has 0 saturated heterocycles. The fourth-order valence-electron chi connectivity index (χ4n) is 1.46. The summed E-state index contributed by atoms with van der Waals surface area (Å²) in [6.45, 7) is 0. The summed E-state index contributed by atoms with van der Waals surface area (Å²) in [7, 11) is 0. The Morgan fingerprint density at radius 1 is 1.38 bits per heavy atom. The minimum Gasteiger partial charge on any atom is -0.481 e. The minimum absolute atomic E-state index is 0.500. The highest BCUT2D eigenvalue weighted by Gasteiger charge is 2.52. The Balaban J connectivity index is 2.84. The van der Waals surface area contributed by atoms with Crippen molar-refractivity contribution in [2.75, 3.05) is 0 Å². The van der Waals surface area contributed by atoms with Crippen molar-refractivity contribution in [3.05, 3.63) is 0 Å². The third-order valence-electron chi connectivity index (χ3n) is 2.12. The van der Waals surface area contributed by atoms with E-state index in [-0.39, 0.29) is 0 Å². The number of carbonyl (C=O) groups excluding carboxylic acids is 1. The van der Waals surface area contributed by atoms with Gasteiger partial charge in [0.15, 0.2) is 0 Å². The Hall–Kier alpha value is -1.07. The van der Waals surface area contributed by atoms with Crippen LogP contribution in [0.15, 0.2) is 0 Å². The Labute approximate surface area is 71.5 Å². The molecular formula is C7H7F3O3. The van der Waals surface area contributed by atoms with E-state index in [1.807, 2.05) is 0 Å². The molecule has 1 fully saturated rings. The molecule has 0 heterocycles. The first-order valence-electron chi connectivity index (χ1n) is 3.63. The predicted octanol–water partition coefficient (Wildman–Crippen LogP) is 1.23. The van der Waals surface area contributed by atoms with Crippen LogP contribution in [0.4, 0.5) is 13.2 Å². The van der Waals surface area contributed by atoms with Gasteiger partial charge in [-0.3, -0.25) is 9.59 Å². The molecule has 1 N–H and O–H groups in total. The van der Waals surface area contributed by atoms with Crippen LogP contribution in [-0.4, -0.2) is 23.0 Å². The zero-order valence-corrected chi connectivity index (χ0v) is 6.47. The van der Waals surface area contributed by atoms with Crippen LogP contribution in [0.1, 0.15) is 12.8 Å². The highest BCUT2D eigenvalue weighted by atomic mass is 19.4. The van der Waals surface area contributed by atoms with Crippen LogP contribution in [0.25, 0.3) is 0 Å². The molecule has 13 heavy (non-hydrogen) atoms. The zero-order chi connectivity index (χ0) is 10.2. The van der Waals surface area contributed by atoms with Crippen LogP contribution in [-0.2, 0) is 9.59 Å². The molecule has 6 heteroatoms. The lowest BCUT2D eigenvalue weighted by atomic mass is 9.96. The van der Waals surface area contributed by atoms with E-state index in [4.69, 9.17) is 5.11 Å². The van der Waals surface area contributed by atoms with E-state index in [9.17, 15) is 22.8 Å². The number of alkyl halides is 3. The Morgan fingerprint density at radius 3 is 2.23 bits per heavy atom. The van der Waals surface area contributed by atoms with Gasteiger partial charge in [-0.05, 0) is 0 Å². The Kier molecular flexibility index (Phi) is 2.32. The molecule has 0 aromatic rings. The van der Waals surface area contributed by atoms with Gasteiger partial charge in [-0.2, -0.15) is 13.2 Å². The average Bonchev–Trinajstić information content (AvgIpc) is 2.29. The summed E-state index contributed by atoms with van der Waals surface area (Å²) in [6.07, 6.45) is -5.78. The number of carboxylic acids is 1. The summed E-state index contributed by atoms with van der Waals surface area (Å²) >= 11 is 0. The topological polar surface area (TPSA) is 54.4 Å². The van der Waals surface area contributed by atoms with Crippen LogP contribution in [0, 0.1) is 11.8 Å². The van der Waals surface area contributed by atoms with E-state index in [2.05, 4.69) is 0 Å². The second-order valence-corrected chi connectivity index (χ2v) is 3.04. The van der Waals surface area contributed by atoms with Gasteiger partial charge >= 0.3 is 12.1 Å². The molecule has 0 aliphatic heterocycles. The number of Topliss-reactive ketones (excluding diaryl/α,β-unsaturated/α-hetero) is 1. The number of hydrogen-bond acceptors (Lipinski definition) is 2. The van der Waals surface area contributed by atoms with Crippen molar-refractivity contribution in [2.24, 2.45) is 11.8 Å². The van der Waals surface area contributed by atoms with Crippen molar-refractivity contribution < 1.29 is 27.9 Å². The van der Waals surface area contributed by atoms with E-state index >= 15 is 0 Å². The van der Waals surface area contributed by atoms with E-state index < -0.39 is 42.6 Å². The summed E-state index contributed by atoms with van der Waals surface area (Å²) in [5.74, 6) is -5.77. The maximum Gasteiger partial charge on any atom is 0.393 e. The summed E-state index contributed by atoms with van der Waals surface area (Å²) in [5.41, 5.74) is 0. The molecule has 1 aliphatic carbocycles. The molecule has 0 spiro atoms. The SMILES string of the molecule is O=C1CC(C(=O)O)[C@H](C(F)(F)F)C1. The number of hydrogen-bond donors (Lipinski definition) is 1. The average molecular weight is 196 g/mol. The second-order valence-electron chi connectivity index (χ2n) is 3.04. The van der Waals surface area contributed by atoms with E-state index in [1.54, 1.807) is 0 Å². The van der Waals surface area contributed by atoms with Gasteiger partial charge in [-0.25, -0.2) is 0 Å². The third kappa shape index (κ3) is 1.99. The number of carbonyl (C=O) groups is 2. The van der Waals surface area contributed by atoms with Crippen LogP contribution in [0.5, 0.6) is 0 Å². The number of aliphatic carboxylic acids is 1.